The van der Waals surface area contributed by atoms with Gasteiger partial charge in [-0.05, 0) is 48.9 Å². The molecule has 4 nitrogen and oxygen atoms in total. The maximum Gasteiger partial charge on any atom is 0.229 e. The van der Waals surface area contributed by atoms with Gasteiger partial charge in [-0.25, -0.2) is 4.39 Å². The summed E-state index contributed by atoms with van der Waals surface area (Å²) in [6.07, 6.45) is 0.165. The molecule has 124 valence electrons. The summed E-state index contributed by atoms with van der Waals surface area (Å²) in [5, 5.41) is 2.73. The van der Waals surface area contributed by atoms with E-state index in [1.807, 2.05) is 25.1 Å². The Morgan fingerprint density at radius 3 is 2.62 bits per heavy atom. The van der Waals surface area contributed by atoms with Crippen LogP contribution < -0.4 is 10.2 Å². The number of hydrogen-bond acceptors (Lipinski definition) is 2. The lowest BCUT2D eigenvalue weighted by Gasteiger charge is -2.17. The fourth-order valence-electron chi connectivity index (χ4n) is 2.66. The Labute approximate surface area is 147 Å². The van der Waals surface area contributed by atoms with Crippen molar-refractivity contribution in [1.82, 2.24) is 0 Å². The smallest absolute Gasteiger partial charge is 0.229 e. The molecule has 0 radical (unpaired) electrons. The highest BCUT2D eigenvalue weighted by molar-refractivity contribution is 9.10. The molecule has 2 amide bonds. The summed E-state index contributed by atoms with van der Waals surface area (Å²) in [5.74, 6) is -1.10. The molecule has 1 saturated heterocycles. The topological polar surface area (TPSA) is 49.4 Å². The Bertz CT molecular complexity index is 792. The van der Waals surface area contributed by atoms with E-state index in [1.54, 1.807) is 4.90 Å². The lowest BCUT2D eigenvalue weighted by Crippen LogP contribution is -2.28. The molecule has 0 aliphatic carbocycles. The Balaban J connectivity index is 1.70. The summed E-state index contributed by atoms with van der Waals surface area (Å²) in [6.45, 7) is 2.31. The first-order chi connectivity index (χ1) is 11.4. The number of halogens is 2. The summed E-state index contributed by atoms with van der Waals surface area (Å²) in [7, 11) is 0. The standard InChI is InChI=1S/C18H16BrFN2O2/c1-11-2-7-15(9-16(11)19)22-10-12(8-17(22)23)18(24)21-14-5-3-13(20)4-6-14/h2-7,9,12H,8,10H2,1H3,(H,21,24). The molecule has 1 N–H and O–H groups in total. The number of nitrogens with zero attached hydrogens (tertiary/aromatic N) is 1. The zero-order chi connectivity index (χ0) is 17.3. The number of amides is 2. The van der Waals surface area contributed by atoms with Crippen LogP contribution in [0.3, 0.4) is 0 Å². The number of carbonyl (C=O) groups excluding carboxylic acids is 2. The van der Waals surface area contributed by atoms with E-state index in [0.29, 0.717) is 12.2 Å². The van der Waals surface area contributed by atoms with E-state index in [-0.39, 0.29) is 24.1 Å². The fourth-order valence-corrected chi connectivity index (χ4v) is 3.03. The van der Waals surface area contributed by atoms with Gasteiger partial charge in [0.1, 0.15) is 5.82 Å². The van der Waals surface area contributed by atoms with Gasteiger partial charge in [0.25, 0.3) is 0 Å². The van der Waals surface area contributed by atoms with Crippen molar-refractivity contribution in [3.05, 3.63) is 58.3 Å². The van der Waals surface area contributed by atoms with Crippen molar-refractivity contribution in [2.75, 3.05) is 16.8 Å². The number of rotatable bonds is 3. The van der Waals surface area contributed by atoms with Crippen LogP contribution in [0.1, 0.15) is 12.0 Å². The van der Waals surface area contributed by atoms with Crippen molar-refractivity contribution in [2.45, 2.75) is 13.3 Å². The van der Waals surface area contributed by atoms with Gasteiger partial charge < -0.3 is 10.2 Å². The quantitative estimate of drug-likeness (QED) is 0.863. The van der Waals surface area contributed by atoms with Crippen molar-refractivity contribution in [1.29, 1.82) is 0 Å². The highest BCUT2D eigenvalue weighted by atomic mass is 79.9. The minimum atomic E-state index is -0.428. The second-order valence-electron chi connectivity index (χ2n) is 5.84. The van der Waals surface area contributed by atoms with Crippen LogP contribution in [0.5, 0.6) is 0 Å². The maximum atomic E-state index is 12.9. The van der Waals surface area contributed by atoms with Gasteiger partial charge in [-0.15, -0.1) is 0 Å². The summed E-state index contributed by atoms with van der Waals surface area (Å²) >= 11 is 3.46. The van der Waals surface area contributed by atoms with Crippen molar-refractivity contribution < 1.29 is 14.0 Å². The molecule has 0 bridgehead atoms. The summed E-state index contributed by atoms with van der Waals surface area (Å²) in [4.78, 5) is 26.2. The molecule has 2 aromatic rings. The predicted octanol–water partition coefficient (Wildman–Crippen LogP) is 3.89. The van der Waals surface area contributed by atoms with Crippen LogP contribution in [0, 0.1) is 18.7 Å². The van der Waals surface area contributed by atoms with Gasteiger partial charge in [-0.3, -0.25) is 9.59 Å². The van der Waals surface area contributed by atoms with Gasteiger partial charge in [-0.1, -0.05) is 22.0 Å². The number of hydrogen-bond donors (Lipinski definition) is 1. The molecule has 3 rings (SSSR count). The third kappa shape index (κ3) is 3.48. The third-order valence-electron chi connectivity index (χ3n) is 4.07. The molecule has 1 heterocycles. The van der Waals surface area contributed by atoms with Crippen LogP contribution in [0.15, 0.2) is 46.9 Å². The van der Waals surface area contributed by atoms with E-state index >= 15 is 0 Å². The highest BCUT2D eigenvalue weighted by Gasteiger charge is 2.35. The van der Waals surface area contributed by atoms with Crippen molar-refractivity contribution in [3.8, 4) is 0 Å². The Morgan fingerprint density at radius 1 is 1.25 bits per heavy atom. The molecule has 6 heteroatoms. The van der Waals surface area contributed by atoms with Crippen molar-refractivity contribution in [2.24, 2.45) is 5.92 Å². The van der Waals surface area contributed by atoms with E-state index < -0.39 is 5.92 Å². The average Bonchev–Trinajstić information content (AvgIpc) is 2.94. The van der Waals surface area contributed by atoms with Gasteiger partial charge in [0.2, 0.25) is 11.8 Å². The van der Waals surface area contributed by atoms with Gasteiger partial charge in [0.15, 0.2) is 0 Å². The highest BCUT2D eigenvalue weighted by Crippen LogP contribution is 2.29. The summed E-state index contributed by atoms with van der Waals surface area (Å²) in [5.41, 5.74) is 2.37. The molecular formula is C18H16BrFN2O2. The van der Waals surface area contributed by atoms with Gasteiger partial charge in [0.05, 0.1) is 5.92 Å². The molecule has 0 saturated carbocycles. The van der Waals surface area contributed by atoms with Crippen molar-refractivity contribution >= 4 is 39.1 Å². The molecule has 1 aliphatic rings. The molecule has 1 fully saturated rings. The summed E-state index contributed by atoms with van der Waals surface area (Å²) < 4.78 is 13.8. The molecular weight excluding hydrogens is 375 g/mol. The lowest BCUT2D eigenvalue weighted by molar-refractivity contribution is -0.122. The lowest BCUT2D eigenvalue weighted by atomic mass is 10.1. The molecule has 0 aromatic heterocycles. The number of carbonyl (C=O) groups is 2. The Hall–Kier alpha value is -2.21. The number of aryl methyl sites for hydroxylation is 1. The van der Waals surface area contributed by atoms with Gasteiger partial charge in [-0.2, -0.15) is 0 Å². The van der Waals surface area contributed by atoms with Gasteiger partial charge >= 0.3 is 0 Å². The van der Waals surface area contributed by atoms with Crippen LogP contribution in [0.2, 0.25) is 0 Å². The SMILES string of the molecule is Cc1ccc(N2CC(C(=O)Nc3ccc(F)cc3)CC2=O)cc1Br. The average molecular weight is 391 g/mol. The first-order valence-corrected chi connectivity index (χ1v) is 8.36. The molecule has 24 heavy (non-hydrogen) atoms. The first kappa shape index (κ1) is 16.6. The van der Waals surface area contributed by atoms with E-state index in [2.05, 4.69) is 21.2 Å². The Morgan fingerprint density at radius 2 is 1.96 bits per heavy atom. The number of nitrogens with one attached hydrogen (secondary N) is 1. The second kappa shape index (κ2) is 6.73. The minimum Gasteiger partial charge on any atom is -0.326 e. The third-order valence-corrected chi connectivity index (χ3v) is 4.93. The monoisotopic (exact) mass is 390 g/mol. The molecule has 1 unspecified atom stereocenters. The first-order valence-electron chi connectivity index (χ1n) is 7.57. The minimum absolute atomic E-state index is 0.0787. The van der Waals surface area contributed by atoms with Crippen LogP contribution >= 0.6 is 15.9 Å². The van der Waals surface area contributed by atoms with Crippen LogP contribution in [-0.2, 0) is 9.59 Å². The molecule has 0 spiro atoms. The summed E-state index contributed by atoms with van der Waals surface area (Å²) in [6, 6.07) is 11.2. The van der Waals surface area contributed by atoms with Gasteiger partial charge in [0, 0.05) is 28.8 Å². The predicted molar refractivity (Wildman–Crippen MR) is 94.4 cm³/mol. The molecule has 1 aliphatic heterocycles. The van der Waals surface area contributed by atoms with Crippen LogP contribution in [0.4, 0.5) is 15.8 Å². The van der Waals surface area contributed by atoms with E-state index in [4.69, 9.17) is 0 Å². The van der Waals surface area contributed by atoms with E-state index in [9.17, 15) is 14.0 Å². The molecule has 1 atom stereocenters. The number of benzene rings is 2. The zero-order valence-corrected chi connectivity index (χ0v) is 14.6. The van der Waals surface area contributed by atoms with Crippen molar-refractivity contribution in [3.63, 3.8) is 0 Å². The second-order valence-corrected chi connectivity index (χ2v) is 6.69. The van der Waals surface area contributed by atoms with Crippen LogP contribution in [0.25, 0.3) is 0 Å². The normalized spacial score (nSPS) is 17.2. The maximum absolute atomic E-state index is 12.9. The largest absolute Gasteiger partial charge is 0.326 e. The van der Waals surface area contributed by atoms with Crippen LogP contribution in [-0.4, -0.2) is 18.4 Å². The molecule has 2 aromatic carbocycles. The van der Waals surface area contributed by atoms with E-state index in [1.165, 1.54) is 24.3 Å². The zero-order valence-electron chi connectivity index (χ0n) is 13.1. The van der Waals surface area contributed by atoms with E-state index in [0.717, 1.165) is 15.7 Å². The fraction of sp³-hybridized carbons (Fsp3) is 0.222. The number of anilines is 2. The Kier molecular flexibility index (Phi) is 4.66.